The molecule has 1 aromatic carbocycles. The number of rotatable bonds is 8. The van der Waals surface area contributed by atoms with Gasteiger partial charge in [0.2, 0.25) is 11.8 Å². The second-order valence-electron chi connectivity index (χ2n) is 13.6. The van der Waals surface area contributed by atoms with E-state index >= 15 is 0 Å². The van der Waals surface area contributed by atoms with Crippen molar-refractivity contribution in [3.05, 3.63) is 41.5 Å². The number of thioether (sulfide) groups is 1. The number of amides is 3. The molecule has 2 fully saturated rings. The highest BCUT2D eigenvalue weighted by molar-refractivity contribution is 7.98. The quantitative estimate of drug-likeness (QED) is 0.174. The average Bonchev–Trinajstić information content (AvgIpc) is 3.88. The Morgan fingerprint density at radius 3 is 2.59 bits per heavy atom. The Morgan fingerprint density at radius 2 is 1.92 bits per heavy atom. The van der Waals surface area contributed by atoms with Gasteiger partial charge in [0, 0.05) is 44.6 Å². The molecule has 3 aliphatic rings. The van der Waals surface area contributed by atoms with E-state index in [1.54, 1.807) is 25.3 Å². The summed E-state index contributed by atoms with van der Waals surface area (Å²) in [7, 11) is 4.54. The molecule has 0 saturated carbocycles. The second kappa shape index (κ2) is 17.2. The van der Waals surface area contributed by atoms with E-state index in [1.165, 1.54) is 37.8 Å². The Hall–Kier alpha value is -3.79. The molecular formula is C36H52N4O10S. The van der Waals surface area contributed by atoms with Crippen LogP contribution >= 0.6 is 11.8 Å². The van der Waals surface area contributed by atoms with Crippen LogP contribution in [-0.4, -0.2) is 105 Å². The monoisotopic (exact) mass is 732 g/mol. The number of alkyl carbamates (subject to hydrolysis) is 1. The largest absolute Gasteiger partial charge is 0.495 e. The number of nitrogen functional groups attached to an aromatic ring is 1. The molecule has 3 aliphatic heterocycles. The molecule has 3 heterocycles. The number of nitrogens with zero attached hydrogens (tertiary/aromatic N) is 1. The molecule has 1 aromatic rings. The second-order valence-corrected chi connectivity index (χ2v) is 14.6. The summed E-state index contributed by atoms with van der Waals surface area (Å²) in [6.45, 7) is 7.13. The van der Waals surface area contributed by atoms with Gasteiger partial charge >= 0.3 is 12.1 Å². The van der Waals surface area contributed by atoms with Crippen LogP contribution in [0.25, 0.3) is 0 Å². The lowest BCUT2D eigenvalue weighted by Gasteiger charge is -2.42. The molecule has 14 nitrogen and oxygen atoms in total. The summed E-state index contributed by atoms with van der Waals surface area (Å²) in [5, 5.41) is 16.9. The normalized spacial score (nSPS) is 32.1. The first kappa shape index (κ1) is 40.0. The van der Waals surface area contributed by atoms with Gasteiger partial charge < -0.3 is 44.7 Å². The lowest BCUT2D eigenvalue weighted by atomic mass is 9.85. The van der Waals surface area contributed by atoms with E-state index in [-0.39, 0.29) is 42.7 Å². The highest BCUT2D eigenvalue weighted by Gasteiger charge is 2.55. The first-order valence-corrected chi connectivity index (χ1v) is 18.5. The summed E-state index contributed by atoms with van der Waals surface area (Å²) in [6, 6.07) is 2.65. The van der Waals surface area contributed by atoms with Crippen LogP contribution in [0.1, 0.15) is 52.5 Å². The number of hydrogen-bond acceptors (Lipinski definition) is 12. The molecule has 51 heavy (non-hydrogen) atoms. The maximum atomic E-state index is 14.0. The number of fused-ring (bicyclic) bond motifs is 5. The van der Waals surface area contributed by atoms with Crippen molar-refractivity contribution in [1.82, 2.24) is 10.6 Å². The van der Waals surface area contributed by atoms with E-state index < -0.39 is 60.3 Å². The maximum absolute atomic E-state index is 14.0. The summed E-state index contributed by atoms with van der Waals surface area (Å²) >= 11 is 1.52. The number of hydrogen-bond donors (Lipinski definition) is 4. The van der Waals surface area contributed by atoms with Crippen LogP contribution < -0.4 is 26.0 Å². The third kappa shape index (κ3) is 9.76. The van der Waals surface area contributed by atoms with Gasteiger partial charge in [-0.3, -0.25) is 14.9 Å². The fourth-order valence-corrected chi connectivity index (χ4v) is 6.97. The molecule has 2 unspecified atom stereocenters. The Labute approximate surface area is 303 Å². The first-order valence-electron chi connectivity index (χ1n) is 17.1. The summed E-state index contributed by atoms with van der Waals surface area (Å²) in [6.07, 6.45) is 3.36. The number of ether oxygens (including phenoxy) is 5. The van der Waals surface area contributed by atoms with Crippen molar-refractivity contribution in [1.29, 1.82) is 0 Å². The van der Waals surface area contributed by atoms with Crippen LogP contribution in [-0.2, 0) is 39.8 Å². The molecule has 0 radical (unpaired) electrons. The summed E-state index contributed by atoms with van der Waals surface area (Å²) < 4.78 is 28.9. The fourth-order valence-electron chi connectivity index (χ4n) is 6.58. The third-order valence-electron chi connectivity index (χ3n) is 9.78. The van der Waals surface area contributed by atoms with E-state index in [0.717, 1.165) is 11.1 Å². The number of carbonyl (C=O) groups excluding carboxylic acids is 4. The van der Waals surface area contributed by atoms with Crippen LogP contribution in [0.4, 0.5) is 16.2 Å². The van der Waals surface area contributed by atoms with Crippen molar-refractivity contribution < 1.29 is 48.0 Å². The molecule has 9 atom stereocenters. The molecule has 0 spiro atoms. The lowest BCUT2D eigenvalue weighted by Crippen LogP contribution is -2.63. The topological polar surface area (TPSA) is 191 Å². The Balaban J connectivity index is 1.71. The van der Waals surface area contributed by atoms with Gasteiger partial charge in [0.05, 0.1) is 37.1 Å². The smallest absolute Gasteiger partial charge is 0.409 e. The van der Waals surface area contributed by atoms with Crippen LogP contribution in [0.2, 0.25) is 0 Å². The highest BCUT2D eigenvalue weighted by Crippen LogP contribution is 2.42. The van der Waals surface area contributed by atoms with Crippen molar-refractivity contribution in [2.45, 2.75) is 95.7 Å². The predicted octanol–water partition coefficient (Wildman–Crippen LogP) is 3.10. The van der Waals surface area contributed by atoms with Crippen molar-refractivity contribution >= 4 is 47.0 Å². The molecule has 4 rings (SSSR count). The molecule has 0 aliphatic carbocycles. The molecule has 2 saturated heterocycles. The van der Waals surface area contributed by atoms with Crippen LogP contribution in [0, 0.1) is 11.8 Å². The van der Waals surface area contributed by atoms with E-state index in [0.29, 0.717) is 23.6 Å². The Kier molecular flexibility index (Phi) is 13.4. The molecular weight excluding hydrogens is 680 g/mol. The van der Waals surface area contributed by atoms with Crippen LogP contribution in [0.5, 0.6) is 5.75 Å². The SMILES string of the molecule is COc1cc2cc(c1N)N(C)C(=O)C[C@@H](OC(=O)[C@@H](C)NC(=O)CCSC)[C@H](C)C1O[C@@H]1[C@@H](C)C1C[C@](O)(NC(=O)O1)[C@@H](OC)/C=C/C=C(\C)C2. The van der Waals surface area contributed by atoms with Crippen molar-refractivity contribution in [2.24, 2.45) is 11.8 Å². The number of aliphatic hydroxyl groups is 1. The standard InChI is InChI=1S/C36H52N4O10S/c1-19-10-9-11-28(47-7)36(45)18-27(49-35(44)39-36)21(3)33-32(50-33)20(2)25(48-34(43)22(4)38-29(41)12-13-51-8)17-30(42)40(5)24-15-23(14-19)16-26(46-6)31(24)37/h9-11,15-16,20-22,25,27-28,32-33,45H,12-14,17-18,37H2,1-8H3,(H,38,41)(H,39,44)/b11-9+,19-10+/t20-,21-,22+,25+,27?,28-,32?,33+,36+/m0/s1. The Bertz CT molecular complexity index is 1520. The first-order chi connectivity index (χ1) is 24.1. The van der Waals surface area contributed by atoms with Crippen LogP contribution in [0.15, 0.2) is 35.9 Å². The van der Waals surface area contributed by atoms with Gasteiger partial charge in [-0.1, -0.05) is 37.6 Å². The Morgan fingerprint density at radius 1 is 1.22 bits per heavy atom. The number of methoxy groups -OCH3 is 2. The molecule has 15 heteroatoms. The summed E-state index contributed by atoms with van der Waals surface area (Å²) in [4.78, 5) is 53.9. The molecule has 3 amide bonds. The number of esters is 1. The van der Waals surface area contributed by atoms with Gasteiger partial charge in [0.15, 0.2) is 5.72 Å². The summed E-state index contributed by atoms with van der Waals surface area (Å²) in [5.74, 6) is -1.25. The summed E-state index contributed by atoms with van der Waals surface area (Å²) in [5.41, 5.74) is 7.16. The highest BCUT2D eigenvalue weighted by atomic mass is 32.2. The number of nitrogens with one attached hydrogen (secondary N) is 2. The van der Waals surface area contributed by atoms with E-state index in [9.17, 15) is 24.3 Å². The lowest BCUT2D eigenvalue weighted by molar-refractivity contribution is -0.156. The molecule has 0 aromatic heterocycles. The van der Waals surface area contributed by atoms with Gasteiger partial charge in [-0.05, 0) is 44.2 Å². The van der Waals surface area contributed by atoms with E-state index in [1.807, 2.05) is 39.2 Å². The maximum Gasteiger partial charge on any atom is 0.409 e. The predicted molar refractivity (Wildman–Crippen MR) is 193 cm³/mol. The van der Waals surface area contributed by atoms with E-state index in [2.05, 4.69) is 10.6 Å². The van der Waals surface area contributed by atoms with Crippen molar-refractivity contribution in [3.63, 3.8) is 0 Å². The van der Waals surface area contributed by atoms with Gasteiger partial charge in [-0.25, -0.2) is 9.59 Å². The number of anilines is 2. The van der Waals surface area contributed by atoms with Crippen LogP contribution in [0.3, 0.4) is 0 Å². The average molecular weight is 733 g/mol. The van der Waals surface area contributed by atoms with Gasteiger partial charge in [-0.2, -0.15) is 11.8 Å². The minimum absolute atomic E-state index is 0.00979. The zero-order valence-electron chi connectivity index (χ0n) is 30.6. The molecule has 5 N–H and O–H groups in total. The molecule has 4 bridgehead atoms. The van der Waals surface area contributed by atoms with Crippen molar-refractivity contribution in [3.8, 4) is 5.75 Å². The number of benzene rings is 1. The number of allylic oxidation sites excluding steroid dienone is 3. The van der Waals surface area contributed by atoms with E-state index in [4.69, 9.17) is 29.4 Å². The van der Waals surface area contributed by atoms with Gasteiger partial charge in [0.1, 0.15) is 30.1 Å². The number of nitrogens with two attached hydrogens (primary N) is 1. The number of carbonyl (C=O) groups is 4. The fraction of sp³-hybridized carbons (Fsp3) is 0.611. The third-order valence-corrected chi connectivity index (χ3v) is 10.4. The zero-order valence-corrected chi connectivity index (χ0v) is 31.4. The molecule has 282 valence electrons. The minimum Gasteiger partial charge on any atom is -0.495 e. The van der Waals surface area contributed by atoms with Gasteiger partial charge in [-0.15, -0.1) is 0 Å². The number of epoxide rings is 1. The zero-order chi connectivity index (χ0) is 37.6. The minimum atomic E-state index is -1.78. The van der Waals surface area contributed by atoms with Crippen molar-refractivity contribution in [2.75, 3.05) is 43.9 Å². The van der Waals surface area contributed by atoms with Gasteiger partial charge in [0.25, 0.3) is 0 Å².